The summed E-state index contributed by atoms with van der Waals surface area (Å²) in [6.45, 7) is 0. The quantitative estimate of drug-likeness (QED) is 0.742. The Kier molecular flexibility index (Phi) is 5.12. The highest BCUT2D eigenvalue weighted by Crippen LogP contribution is 2.34. The number of rotatable bonds is 4. The average molecular weight is 344 g/mol. The fourth-order valence-corrected chi connectivity index (χ4v) is 2.08. The monoisotopic (exact) mass is 342 g/mol. The largest absolute Gasteiger partial charge is 0.478 e. The minimum Gasteiger partial charge on any atom is -0.478 e. The van der Waals surface area contributed by atoms with Crippen LogP contribution in [0.25, 0.3) is 6.08 Å². The number of carboxylic acids is 1. The van der Waals surface area contributed by atoms with Gasteiger partial charge in [0.25, 0.3) is 0 Å². The second-order valence-electron chi connectivity index (χ2n) is 4.03. The molecule has 0 aliphatic heterocycles. The van der Waals surface area contributed by atoms with Gasteiger partial charge in [-0.1, -0.05) is 34.8 Å². The Hall–Kier alpha value is -1.68. The molecule has 6 heteroatoms. The Morgan fingerprint density at radius 3 is 2.38 bits per heavy atom. The maximum absolute atomic E-state index is 10.6. The molecular formula is C15H9Cl3O3. The molecule has 0 aromatic heterocycles. The van der Waals surface area contributed by atoms with Crippen LogP contribution in [0.2, 0.25) is 15.1 Å². The molecule has 0 saturated carbocycles. The molecule has 0 radical (unpaired) electrons. The van der Waals surface area contributed by atoms with E-state index in [1.807, 2.05) is 0 Å². The topological polar surface area (TPSA) is 46.5 Å². The lowest BCUT2D eigenvalue weighted by Gasteiger charge is -2.11. The zero-order valence-electron chi connectivity index (χ0n) is 10.5. The van der Waals surface area contributed by atoms with Crippen LogP contribution in [-0.2, 0) is 4.79 Å². The first kappa shape index (κ1) is 15.7. The number of carboxylic acid groups (broad SMARTS) is 1. The summed E-state index contributed by atoms with van der Waals surface area (Å²) in [5.41, 5.74) is 0.515. The van der Waals surface area contributed by atoms with Gasteiger partial charge in [0.1, 0.15) is 11.5 Å². The first-order valence-electron chi connectivity index (χ1n) is 5.79. The highest BCUT2D eigenvalue weighted by molar-refractivity contribution is 6.34. The van der Waals surface area contributed by atoms with Crippen molar-refractivity contribution >= 4 is 46.8 Å². The lowest BCUT2D eigenvalue weighted by atomic mass is 10.2. The van der Waals surface area contributed by atoms with Crippen LogP contribution < -0.4 is 4.74 Å². The summed E-state index contributed by atoms with van der Waals surface area (Å²) < 4.78 is 5.69. The third-order valence-corrected chi connectivity index (χ3v) is 3.27. The van der Waals surface area contributed by atoms with E-state index in [4.69, 9.17) is 44.6 Å². The van der Waals surface area contributed by atoms with E-state index >= 15 is 0 Å². The summed E-state index contributed by atoms with van der Waals surface area (Å²) in [6, 6.07) is 9.68. The second kappa shape index (κ2) is 6.85. The normalized spacial score (nSPS) is 10.8. The van der Waals surface area contributed by atoms with Gasteiger partial charge in [0.05, 0.1) is 5.02 Å². The molecule has 108 valence electrons. The van der Waals surface area contributed by atoms with Crippen LogP contribution in [0.15, 0.2) is 42.5 Å². The molecule has 2 rings (SSSR count). The van der Waals surface area contributed by atoms with Crippen molar-refractivity contribution in [1.29, 1.82) is 0 Å². The van der Waals surface area contributed by atoms with E-state index in [-0.39, 0.29) is 0 Å². The van der Waals surface area contributed by atoms with E-state index in [2.05, 4.69) is 0 Å². The SMILES string of the molecule is O=C(O)/C=C/c1cc(Cl)ccc1Oc1cc(Cl)ccc1Cl. The number of benzene rings is 2. The first-order valence-corrected chi connectivity index (χ1v) is 6.92. The molecule has 2 aromatic rings. The molecule has 0 spiro atoms. The van der Waals surface area contributed by atoms with E-state index in [1.54, 1.807) is 36.4 Å². The molecular weight excluding hydrogens is 335 g/mol. The molecule has 0 atom stereocenters. The summed E-state index contributed by atoms with van der Waals surface area (Å²) in [7, 11) is 0. The molecule has 0 bridgehead atoms. The van der Waals surface area contributed by atoms with Crippen molar-refractivity contribution in [2.75, 3.05) is 0 Å². The molecule has 0 fully saturated rings. The van der Waals surface area contributed by atoms with Crippen LogP contribution in [0.1, 0.15) is 5.56 Å². The fourth-order valence-electron chi connectivity index (χ4n) is 1.58. The smallest absolute Gasteiger partial charge is 0.328 e. The lowest BCUT2D eigenvalue weighted by Crippen LogP contribution is -1.90. The molecule has 0 aliphatic rings. The number of carbonyl (C=O) groups is 1. The summed E-state index contributed by atoms with van der Waals surface area (Å²) in [5.74, 6) is -0.278. The van der Waals surface area contributed by atoms with Crippen molar-refractivity contribution in [1.82, 2.24) is 0 Å². The van der Waals surface area contributed by atoms with Crippen molar-refractivity contribution in [3.05, 3.63) is 63.1 Å². The highest BCUT2D eigenvalue weighted by Gasteiger charge is 2.08. The van der Waals surface area contributed by atoms with Gasteiger partial charge in [-0.15, -0.1) is 0 Å². The van der Waals surface area contributed by atoms with Crippen LogP contribution in [0.4, 0.5) is 0 Å². The third-order valence-electron chi connectivity index (χ3n) is 2.49. The van der Waals surface area contributed by atoms with Crippen molar-refractivity contribution in [3.63, 3.8) is 0 Å². The number of hydrogen-bond donors (Lipinski definition) is 1. The van der Waals surface area contributed by atoms with Crippen molar-refractivity contribution < 1.29 is 14.6 Å². The van der Waals surface area contributed by atoms with Crippen molar-refractivity contribution in [2.45, 2.75) is 0 Å². The molecule has 0 unspecified atom stereocenters. The van der Waals surface area contributed by atoms with Crippen molar-refractivity contribution in [2.24, 2.45) is 0 Å². The summed E-state index contributed by atoms with van der Waals surface area (Å²) >= 11 is 17.8. The molecule has 1 N–H and O–H groups in total. The maximum Gasteiger partial charge on any atom is 0.328 e. The van der Waals surface area contributed by atoms with Crippen LogP contribution in [0.3, 0.4) is 0 Å². The van der Waals surface area contributed by atoms with Gasteiger partial charge in [0, 0.05) is 27.8 Å². The Bertz CT molecular complexity index is 711. The first-order chi connectivity index (χ1) is 9.95. The van der Waals surface area contributed by atoms with Gasteiger partial charge in [-0.25, -0.2) is 4.79 Å². The van der Waals surface area contributed by atoms with E-state index in [1.165, 1.54) is 6.08 Å². The molecule has 0 heterocycles. The molecule has 21 heavy (non-hydrogen) atoms. The molecule has 0 aliphatic carbocycles. The van der Waals surface area contributed by atoms with E-state index < -0.39 is 5.97 Å². The van der Waals surface area contributed by atoms with Crippen LogP contribution in [-0.4, -0.2) is 11.1 Å². The average Bonchev–Trinajstić information content (AvgIpc) is 2.43. The maximum atomic E-state index is 10.6. The highest BCUT2D eigenvalue weighted by atomic mass is 35.5. The predicted octanol–water partition coefficient (Wildman–Crippen LogP) is 5.54. The van der Waals surface area contributed by atoms with Gasteiger partial charge in [-0.05, 0) is 36.4 Å². The summed E-state index contributed by atoms with van der Waals surface area (Å²) in [4.78, 5) is 10.6. The Labute approximate surface area is 136 Å². The van der Waals surface area contributed by atoms with Gasteiger partial charge >= 0.3 is 5.97 Å². The van der Waals surface area contributed by atoms with Gasteiger partial charge < -0.3 is 9.84 Å². The standard InChI is InChI=1S/C15H9Cl3O3/c16-10-3-5-13(9(7-10)1-6-15(19)20)21-14-8-11(17)2-4-12(14)18/h1-8H,(H,19,20)/b6-1+. The summed E-state index contributed by atoms with van der Waals surface area (Å²) in [5, 5.41) is 10.0. The van der Waals surface area contributed by atoms with Gasteiger partial charge in [-0.2, -0.15) is 0 Å². The van der Waals surface area contributed by atoms with Crippen LogP contribution >= 0.6 is 34.8 Å². The Balaban J connectivity index is 2.39. The van der Waals surface area contributed by atoms with E-state index in [0.717, 1.165) is 6.08 Å². The van der Waals surface area contributed by atoms with Gasteiger partial charge in [0.2, 0.25) is 0 Å². The third kappa shape index (κ3) is 4.39. The molecule has 3 nitrogen and oxygen atoms in total. The number of hydrogen-bond acceptors (Lipinski definition) is 2. The molecule has 0 amide bonds. The van der Waals surface area contributed by atoms with Gasteiger partial charge in [-0.3, -0.25) is 0 Å². The lowest BCUT2D eigenvalue weighted by molar-refractivity contribution is -0.131. The number of aliphatic carboxylic acids is 1. The summed E-state index contributed by atoms with van der Waals surface area (Å²) in [6.07, 6.45) is 2.39. The fraction of sp³-hybridized carbons (Fsp3) is 0. The second-order valence-corrected chi connectivity index (χ2v) is 5.31. The minimum atomic E-state index is -1.07. The number of halogens is 3. The molecule has 0 saturated heterocycles. The Morgan fingerprint density at radius 2 is 1.67 bits per heavy atom. The van der Waals surface area contributed by atoms with Crippen molar-refractivity contribution in [3.8, 4) is 11.5 Å². The Morgan fingerprint density at radius 1 is 1.00 bits per heavy atom. The number of ether oxygens (including phenoxy) is 1. The zero-order chi connectivity index (χ0) is 15.4. The minimum absolute atomic E-state index is 0.372. The van der Waals surface area contributed by atoms with Crippen LogP contribution in [0.5, 0.6) is 11.5 Å². The molecule has 2 aromatic carbocycles. The zero-order valence-corrected chi connectivity index (χ0v) is 12.8. The van der Waals surface area contributed by atoms with Crippen LogP contribution in [0, 0.1) is 0 Å². The predicted molar refractivity (Wildman–Crippen MR) is 84.7 cm³/mol. The van der Waals surface area contributed by atoms with Gasteiger partial charge in [0.15, 0.2) is 0 Å². The van der Waals surface area contributed by atoms with E-state index in [0.29, 0.717) is 32.1 Å². The van der Waals surface area contributed by atoms with E-state index in [9.17, 15) is 4.79 Å².